The zero-order valence-electron chi connectivity index (χ0n) is 10.5. The van der Waals surface area contributed by atoms with Crippen LogP contribution in [0.4, 0.5) is 5.69 Å². The fraction of sp³-hybridized carbons (Fsp3) is 0.143. The molecule has 1 aromatic carbocycles. The largest absolute Gasteiger partial charge is 0.352 e. The number of carbonyl (C=O) groups is 1. The highest BCUT2D eigenvalue weighted by Crippen LogP contribution is 2.12. The molecular formula is C14H16N4O. The van der Waals surface area contributed by atoms with Crippen LogP contribution in [0.25, 0.3) is 0 Å². The molecule has 5 nitrogen and oxygen atoms in total. The van der Waals surface area contributed by atoms with Gasteiger partial charge in [0.15, 0.2) is 0 Å². The molecule has 2 aromatic rings. The van der Waals surface area contributed by atoms with Gasteiger partial charge in [-0.25, -0.2) is 0 Å². The van der Waals surface area contributed by atoms with Gasteiger partial charge in [-0.3, -0.25) is 15.6 Å². The van der Waals surface area contributed by atoms with Gasteiger partial charge < -0.3 is 10.7 Å². The van der Waals surface area contributed by atoms with Gasteiger partial charge in [0.05, 0.1) is 11.3 Å². The van der Waals surface area contributed by atoms with Crippen molar-refractivity contribution in [2.24, 2.45) is 5.84 Å². The first-order valence-corrected chi connectivity index (χ1v) is 6.05. The summed E-state index contributed by atoms with van der Waals surface area (Å²) in [5.41, 5.74) is 4.61. The van der Waals surface area contributed by atoms with E-state index in [-0.39, 0.29) is 5.91 Å². The number of para-hydroxylation sites is 1. The highest BCUT2D eigenvalue weighted by atomic mass is 16.1. The second-order valence-corrected chi connectivity index (χ2v) is 4.02. The average Bonchev–Trinajstić information content (AvgIpc) is 2.48. The minimum atomic E-state index is -0.149. The van der Waals surface area contributed by atoms with Gasteiger partial charge in [0.25, 0.3) is 5.91 Å². The third-order valence-electron chi connectivity index (χ3n) is 2.72. The number of nitrogen functional groups attached to an aromatic ring is 1. The predicted octanol–water partition coefficient (Wildman–Crippen LogP) is 1.34. The molecule has 1 heterocycles. The Balaban J connectivity index is 1.91. The van der Waals surface area contributed by atoms with Crippen LogP contribution in [0.15, 0.2) is 48.7 Å². The third kappa shape index (κ3) is 3.53. The Hall–Kier alpha value is -2.40. The first-order valence-electron chi connectivity index (χ1n) is 6.05. The Kier molecular flexibility index (Phi) is 4.47. The van der Waals surface area contributed by atoms with Gasteiger partial charge in [0.2, 0.25) is 0 Å². The van der Waals surface area contributed by atoms with Crippen LogP contribution in [0.5, 0.6) is 0 Å². The standard InChI is InChI=1S/C14H16N4O/c15-18-13-7-2-1-6-12(13)14(19)17-10-8-11-5-3-4-9-16-11/h1-7,9,18H,8,10,15H2,(H,17,19). The summed E-state index contributed by atoms with van der Waals surface area (Å²) in [4.78, 5) is 16.2. The van der Waals surface area contributed by atoms with E-state index in [4.69, 9.17) is 5.84 Å². The number of hydrogen-bond acceptors (Lipinski definition) is 4. The topological polar surface area (TPSA) is 80.0 Å². The van der Waals surface area contributed by atoms with Gasteiger partial charge in [-0.1, -0.05) is 18.2 Å². The molecule has 0 aliphatic heterocycles. The zero-order chi connectivity index (χ0) is 13.5. The first-order chi connectivity index (χ1) is 9.31. The molecule has 1 amide bonds. The molecule has 0 radical (unpaired) electrons. The third-order valence-corrected chi connectivity index (χ3v) is 2.72. The molecule has 0 saturated carbocycles. The normalized spacial score (nSPS) is 9.95. The summed E-state index contributed by atoms with van der Waals surface area (Å²) >= 11 is 0. The van der Waals surface area contributed by atoms with Gasteiger partial charge in [0, 0.05) is 24.9 Å². The van der Waals surface area contributed by atoms with E-state index >= 15 is 0 Å². The maximum Gasteiger partial charge on any atom is 0.253 e. The number of benzene rings is 1. The molecule has 0 bridgehead atoms. The lowest BCUT2D eigenvalue weighted by Gasteiger charge is -2.09. The fourth-order valence-electron chi connectivity index (χ4n) is 1.75. The molecule has 4 N–H and O–H groups in total. The van der Waals surface area contributed by atoms with E-state index in [9.17, 15) is 4.79 Å². The number of nitrogens with zero attached hydrogens (tertiary/aromatic N) is 1. The minimum absolute atomic E-state index is 0.149. The molecule has 0 fully saturated rings. The highest BCUT2D eigenvalue weighted by molar-refractivity contribution is 5.99. The van der Waals surface area contributed by atoms with Crippen LogP contribution in [0, 0.1) is 0 Å². The average molecular weight is 256 g/mol. The molecular weight excluding hydrogens is 240 g/mol. The molecule has 0 saturated heterocycles. The van der Waals surface area contributed by atoms with Crippen LogP contribution in [0.1, 0.15) is 16.1 Å². The second kappa shape index (κ2) is 6.51. The minimum Gasteiger partial charge on any atom is -0.352 e. The van der Waals surface area contributed by atoms with Crippen molar-refractivity contribution in [1.29, 1.82) is 0 Å². The maximum atomic E-state index is 12.0. The van der Waals surface area contributed by atoms with Gasteiger partial charge in [-0.05, 0) is 24.3 Å². The van der Waals surface area contributed by atoms with Crippen molar-refractivity contribution in [3.05, 3.63) is 59.9 Å². The Morgan fingerprint density at radius 1 is 1.16 bits per heavy atom. The lowest BCUT2D eigenvalue weighted by atomic mass is 10.1. The Morgan fingerprint density at radius 3 is 2.68 bits per heavy atom. The fourth-order valence-corrected chi connectivity index (χ4v) is 1.75. The van der Waals surface area contributed by atoms with Crippen LogP contribution in [-0.2, 0) is 6.42 Å². The number of amides is 1. The summed E-state index contributed by atoms with van der Waals surface area (Å²) in [6.07, 6.45) is 2.44. The van der Waals surface area contributed by atoms with Gasteiger partial charge in [0.1, 0.15) is 0 Å². The van der Waals surface area contributed by atoms with Crippen molar-refractivity contribution in [3.63, 3.8) is 0 Å². The molecule has 0 aliphatic rings. The van der Waals surface area contributed by atoms with E-state index in [1.54, 1.807) is 24.4 Å². The second-order valence-electron chi connectivity index (χ2n) is 4.02. The molecule has 0 atom stereocenters. The van der Waals surface area contributed by atoms with Crippen LogP contribution < -0.4 is 16.6 Å². The number of aromatic nitrogens is 1. The number of nitrogens with one attached hydrogen (secondary N) is 2. The van der Waals surface area contributed by atoms with E-state index in [1.807, 2.05) is 24.3 Å². The molecule has 19 heavy (non-hydrogen) atoms. The van der Waals surface area contributed by atoms with Crippen molar-refractivity contribution in [2.45, 2.75) is 6.42 Å². The van der Waals surface area contributed by atoms with Crippen molar-refractivity contribution in [3.8, 4) is 0 Å². The molecule has 0 aliphatic carbocycles. The van der Waals surface area contributed by atoms with Crippen molar-refractivity contribution in [2.75, 3.05) is 12.0 Å². The van der Waals surface area contributed by atoms with Crippen LogP contribution in [0.3, 0.4) is 0 Å². The van der Waals surface area contributed by atoms with Crippen molar-refractivity contribution in [1.82, 2.24) is 10.3 Å². The summed E-state index contributed by atoms with van der Waals surface area (Å²) in [7, 11) is 0. The zero-order valence-corrected chi connectivity index (χ0v) is 10.5. The molecule has 0 unspecified atom stereocenters. The van der Waals surface area contributed by atoms with E-state index in [1.165, 1.54) is 0 Å². The molecule has 5 heteroatoms. The summed E-state index contributed by atoms with van der Waals surface area (Å²) in [5.74, 6) is 5.22. The molecule has 0 spiro atoms. The van der Waals surface area contributed by atoms with Gasteiger partial charge in [-0.15, -0.1) is 0 Å². The van der Waals surface area contributed by atoms with Gasteiger partial charge >= 0.3 is 0 Å². The lowest BCUT2D eigenvalue weighted by Crippen LogP contribution is -2.27. The van der Waals surface area contributed by atoms with E-state index in [0.29, 0.717) is 24.2 Å². The highest BCUT2D eigenvalue weighted by Gasteiger charge is 2.09. The van der Waals surface area contributed by atoms with Crippen LogP contribution >= 0.6 is 0 Å². The summed E-state index contributed by atoms with van der Waals surface area (Å²) in [5, 5.41) is 2.85. The molecule has 2 rings (SSSR count). The molecule has 98 valence electrons. The van der Waals surface area contributed by atoms with Gasteiger partial charge in [-0.2, -0.15) is 0 Å². The maximum absolute atomic E-state index is 12.0. The number of nitrogens with two attached hydrogens (primary N) is 1. The number of rotatable bonds is 5. The summed E-state index contributed by atoms with van der Waals surface area (Å²) in [6, 6.07) is 12.8. The number of carbonyl (C=O) groups excluding carboxylic acids is 1. The number of pyridine rings is 1. The Bertz CT molecular complexity index is 542. The first kappa shape index (κ1) is 13.0. The smallest absolute Gasteiger partial charge is 0.253 e. The molecule has 1 aromatic heterocycles. The Morgan fingerprint density at radius 2 is 1.95 bits per heavy atom. The monoisotopic (exact) mass is 256 g/mol. The quantitative estimate of drug-likeness (QED) is 0.557. The predicted molar refractivity (Wildman–Crippen MR) is 74.5 cm³/mol. The number of hydrazine groups is 1. The van der Waals surface area contributed by atoms with E-state index in [2.05, 4.69) is 15.7 Å². The van der Waals surface area contributed by atoms with E-state index in [0.717, 1.165) is 5.69 Å². The summed E-state index contributed by atoms with van der Waals surface area (Å²) in [6.45, 7) is 0.536. The van der Waals surface area contributed by atoms with Crippen LogP contribution in [0.2, 0.25) is 0 Å². The summed E-state index contributed by atoms with van der Waals surface area (Å²) < 4.78 is 0. The lowest BCUT2D eigenvalue weighted by molar-refractivity contribution is 0.0955. The van der Waals surface area contributed by atoms with Crippen molar-refractivity contribution < 1.29 is 4.79 Å². The SMILES string of the molecule is NNc1ccccc1C(=O)NCCc1ccccn1. The van der Waals surface area contributed by atoms with Crippen LogP contribution in [-0.4, -0.2) is 17.4 Å². The number of anilines is 1. The number of hydrogen-bond donors (Lipinski definition) is 3. The van der Waals surface area contributed by atoms with E-state index < -0.39 is 0 Å². The van der Waals surface area contributed by atoms with Crippen molar-refractivity contribution >= 4 is 11.6 Å². The Labute approximate surface area is 111 Å².